The zero-order chi connectivity index (χ0) is 13.1. The van der Waals surface area contributed by atoms with Gasteiger partial charge in [-0.05, 0) is 25.0 Å². The van der Waals surface area contributed by atoms with Gasteiger partial charge < -0.3 is 14.7 Å². The molecule has 6 nitrogen and oxygen atoms in total. The quantitative estimate of drug-likeness (QED) is 0.853. The molecule has 1 saturated heterocycles. The number of rotatable bonds is 3. The topological polar surface area (TPSA) is 79.7 Å². The summed E-state index contributed by atoms with van der Waals surface area (Å²) in [4.78, 5) is 28.2. The zero-order valence-electron chi connectivity index (χ0n) is 9.94. The number of aromatic nitrogens is 1. The van der Waals surface area contributed by atoms with Gasteiger partial charge in [-0.15, -0.1) is 0 Å². The maximum absolute atomic E-state index is 12.1. The number of anilines is 1. The van der Waals surface area contributed by atoms with E-state index in [1.165, 1.54) is 4.90 Å². The van der Waals surface area contributed by atoms with Crippen LogP contribution in [-0.2, 0) is 14.3 Å². The Morgan fingerprint density at radius 1 is 1.33 bits per heavy atom. The highest BCUT2D eigenvalue weighted by molar-refractivity contribution is 5.96. The third kappa shape index (κ3) is 2.48. The van der Waals surface area contributed by atoms with E-state index < -0.39 is 18.2 Å². The molecule has 0 spiro atoms. The first-order chi connectivity index (χ1) is 8.59. The van der Waals surface area contributed by atoms with Crippen LogP contribution in [0.2, 0.25) is 0 Å². The summed E-state index contributed by atoms with van der Waals surface area (Å²) in [6.07, 6.45) is 2.44. The fraction of sp³-hybridized carbons (Fsp3) is 0.417. The van der Waals surface area contributed by atoms with Crippen molar-refractivity contribution in [1.82, 2.24) is 4.98 Å². The second-order valence-electron chi connectivity index (χ2n) is 4.13. The second kappa shape index (κ2) is 5.14. The molecular formula is C12H14N2O4. The maximum Gasteiger partial charge on any atom is 0.332 e. The third-order valence-corrected chi connectivity index (χ3v) is 2.95. The van der Waals surface area contributed by atoms with Gasteiger partial charge in [-0.25, -0.2) is 4.79 Å². The molecule has 1 aliphatic heterocycles. The minimum Gasteiger partial charge on any atom is -0.479 e. The maximum atomic E-state index is 12.1. The van der Waals surface area contributed by atoms with E-state index in [0.29, 0.717) is 18.5 Å². The van der Waals surface area contributed by atoms with Crippen LogP contribution in [0.1, 0.15) is 12.8 Å². The van der Waals surface area contributed by atoms with Gasteiger partial charge in [0.25, 0.3) is 5.91 Å². The van der Waals surface area contributed by atoms with Crippen LogP contribution >= 0.6 is 0 Å². The molecule has 0 radical (unpaired) electrons. The number of likely N-dealkylation sites (N-methyl/N-ethyl adjacent to an activating group) is 1. The summed E-state index contributed by atoms with van der Waals surface area (Å²) in [6.45, 7) is 0. The first-order valence-corrected chi connectivity index (χ1v) is 5.65. The number of pyridine rings is 1. The molecule has 1 aliphatic rings. The predicted molar refractivity (Wildman–Crippen MR) is 63.2 cm³/mol. The fourth-order valence-corrected chi connectivity index (χ4v) is 1.91. The molecule has 2 heterocycles. The average molecular weight is 250 g/mol. The lowest BCUT2D eigenvalue weighted by atomic mass is 10.2. The smallest absolute Gasteiger partial charge is 0.332 e. The molecule has 0 aliphatic carbocycles. The van der Waals surface area contributed by atoms with E-state index in [4.69, 9.17) is 9.84 Å². The van der Waals surface area contributed by atoms with E-state index >= 15 is 0 Å². The number of carbonyl (C=O) groups is 2. The van der Waals surface area contributed by atoms with Gasteiger partial charge in [0.2, 0.25) is 0 Å². The molecule has 1 fully saturated rings. The lowest BCUT2D eigenvalue weighted by Gasteiger charge is -2.20. The van der Waals surface area contributed by atoms with Crippen LogP contribution in [0.3, 0.4) is 0 Å². The Bertz CT molecular complexity index is 449. The van der Waals surface area contributed by atoms with E-state index in [1.807, 2.05) is 0 Å². The summed E-state index contributed by atoms with van der Waals surface area (Å²) in [5.74, 6) is -1.25. The van der Waals surface area contributed by atoms with Crippen LogP contribution in [0.5, 0.6) is 0 Å². The molecule has 0 saturated carbocycles. The van der Waals surface area contributed by atoms with Crippen molar-refractivity contribution >= 4 is 17.6 Å². The third-order valence-electron chi connectivity index (χ3n) is 2.95. The molecule has 0 bridgehead atoms. The van der Waals surface area contributed by atoms with Crippen LogP contribution in [-0.4, -0.2) is 41.2 Å². The number of carboxylic acids is 1. The van der Waals surface area contributed by atoms with Crippen LogP contribution in [0.15, 0.2) is 24.5 Å². The summed E-state index contributed by atoms with van der Waals surface area (Å²) < 4.78 is 5.22. The largest absolute Gasteiger partial charge is 0.479 e. The molecule has 2 atom stereocenters. The van der Waals surface area contributed by atoms with Crippen molar-refractivity contribution in [2.24, 2.45) is 0 Å². The molecule has 1 aromatic rings. The monoisotopic (exact) mass is 250 g/mol. The summed E-state index contributed by atoms with van der Waals surface area (Å²) in [7, 11) is 1.63. The standard InChI is InChI=1S/C12H14N2O4/c1-14(8-4-6-13-7-5-8)11(15)9-2-3-10(18-9)12(16)17/h4-7,9-10H,2-3H2,1H3,(H,16,17). The lowest BCUT2D eigenvalue weighted by molar-refractivity contribution is -0.151. The van der Waals surface area contributed by atoms with E-state index in [2.05, 4.69) is 4.98 Å². The Morgan fingerprint density at radius 3 is 2.50 bits per heavy atom. The van der Waals surface area contributed by atoms with E-state index in [9.17, 15) is 9.59 Å². The van der Waals surface area contributed by atoms with Crippen molar-refractivity contribution in [2.45, 2.75) is 25.0 Å². The molecule has 18 heavy (non-hydrogen) atoms. The molecule has 1 N–H and O–H groups in total. The van der Waals surface area contributed by atoms with Crippen molar-refractivity contribution < 1.29 is 19.4 Å². The SMILES string of the molecule is CN(C(=O)C1CCC(C(=O)O)O1)c1ccncc1. The van der Waals surface area contributed by atoms with E-state index in [-0.39, 0.29) is 5.91 Å². The number of aliphatic carboxylic acids is 1. The first-order valence-electron chi connectivity index (χ1n) is 5.65. The Kier molecular flexibility index (Phi) is 3.57. The van der Waals surface area contributed by atoms with Crippen LogP contribution in [0, 0.1) is 0 Å². The van der Waals surface area contributed by atoms with E-state index in [1.54, 1.807) is 31.6 Å². The van der Waals surface area contributed by atoms with Gasteiger partial charge >= 0.3 is 5.97 Å². The highest BCUT2D eigenvalue weighted by Gasteiger charge is 2.36. The summed E-state index contributed by atoms with van der Waals surface area (Å²) in [6, 6.07) is 3.42. The number of hydrogen-bond donors (Lipinski definition) is 1. The normalized spacial score (nSPS) is 22.7. The minimum absolute atomic E-state index is 0.232. The highest BCUT2D eigenvalue weighted by Crippen LogP contribution is 2.23. The average Bonchev–Trinajstić information content (AvgIpc) is 2.88. The van der Waals surface area contributed by atoms with Crippen LogP contribution in [0.4, 0.5) is 5.69 Å². The second-order valence-corrected chi connectivity index (χ2v) is 4.13. The van der Waals surface area contributed by atoms with Crippen molar-refractivity contribution in [2.75, 3.05) is 11.9 Å². The Labute approximate surface area is 104 Å². The van der Waals surface area contributed by atoms with E-state index in [0.717, 1.165) is 0 Å². The van der Waals surface area contributed by atoms with Crippen molar-refractivity contribution in [3.05, 3.63) is 24.5 Å². The first kappa shape index (κ1) is 12.5. The molecule has 2 unspecified atom stereocenters. The Balaban J connectivity index is 2.02. The fourth-order valence-electron chi connectivity index (χ4n) is 1.91. The van der Waals surface area contributed by atoms with Gasteiger partial charge in [-0.1, -0.05) is 0 Å². The van der Waals surface area contributed by atoms with Crippen LogP contribution < -0.4 is 4.90 Å². The molecule has 1 amide bonds. The van der Waals surface area contributed by atoms with Gasteiger partial charge in [-0.3, -0.25) is 9.78 Å². The molecule has 2 rings (SSSR count). The van der Waals surface area contributed by atoms with Crippen molar-refractivity contribution in [3.8, 4) is 0 Å². The van der Waals surface area contributed by atoms with Crippen molar-refractivity contribution in [1.29, 1.82) is 0 Å². The number of carbonyl (C=O) groups excluding carboxylic acids is 1. The number of ether oxygens (including phenoxy) is 1. The highest BCUT2D eigenvalue weighted by atomic mass is 16.5. The van der Waals surface area contributed by atoms with Crippen molar-refractivity contribution in [3.63, 3.8) is 0 Å². The molecular weight excluding hydrogens is 236 g/mol. The zero-order valence-corrected chi connectivity index (χ0v) is 9.94. The summed E-state index contributed by atoms with van der Waals surface area (Å²) >= 11 is 0. The number of carboxylic acid groups (broad SMARTS) is 1. The van der Waals surface area contributed by atoms with Crippen LogP contribution in [0.25, 0.3) is 0 Å². The molecule has 6 heteroatoms. The molecule has 96 valence electrons. The van der Waals surface area contributed by atoms with Gasteiger partial charge in [-0.2, -0.15) is 0 Å². The Morgan fingerprint density at radius 2 is 1.94 bits per heavy atom. The van der Waals surface area contributed by atoms with Gasteiger partial charge in [0.1, 0.15) is 6.10 Å². The summed E-state index contributed by atoms with van der Waals surface area (Å²) in [5, 5.41) is 8.81. The number of amides is 1. The Hall–Kier alpha value is -1.95. The predicted octanol–water partition coefficient (Wildman–Crippen LogP) is 0.677. The number of hydrogen-bond acceptors (Lipinski definition) is 4. The van der Waals surface area contributed by atoms with Gasteiger partial charge in [0.05, 0.1) is 0 Å². The molecule has 1 aromatic heterocycles. The number of nitrogens with zero attached hydrogens (tertiary/aromatic N) is 2. The lowest BCUT2D eigenvalue weighted by Crippen LogP contribution is -2.37. The molecule has 0 aromatic carbocycles. The van der Waals surface area contributed by atoms with Gasteiger partial charge in [0, 0.05) is 25.1 Å². The van der Waals surface area contributed by atoms with Gasteiger partial charge in [0.15, 0.2) is 6.10 Å². The minimum atomic E-state index is -1.02. The summed E-state index contributed by atoms with van der Waals surface area (Å²) in [5.41, 5.74) is 0.706.